The van der Waals surface area contributed by atoms with E-state index in [9.17, 15) is 9.90 Å². The second-order valence-corrected chi connectivity index (χ2v) is 6.80. The Bertz CT molecular complexity index is 655. The number of furan rings is 1. The summed E-state index contributed by atoms with van der Waals surface area (Å²) in [7, 11) is 0. The summed E-state index contributed by atoms with van der Waals surface area (Å²) in [4.78, 5) is 11.9. The van der Waals surface area contributed by atoms with Crippen LogP contribution in [0.5, 0.6) is 5.75 Å². The fourth-order valence-corrected chi connectivity index (χ4v) is 2.06. The van der Waals surface area contributed by atoms with E-state index in [-0.39, 0.29) is 12.1 Å². The predicted octanol–water partition coefficient (Wildman–Crippen LogP) is 3.49. The van der Waals surface area contributed by atoms with E-state index in [0.29, 0.717) is 11.4 Å². The molecule has 0 fully saturated rings. The highest BCUT2D eigenvalue weighted by Gasteiger charge is 2.26. The van der Waals surface area contributed by atoms with E-state index in [1.165, 1.54) is 6.26 Å². The van der Waals surface area contributed by atoms with E-state index >= 15 is 0 Å². The molecule has 0 radical (unpaired) electrons. The first-order chi connectivity index (χ1) is 11.2. The van der Waals surface area contributed by atoms with E-state index in [1.807, 2.05) is 20.8 Å². The molecule has 24 heavy (non-hydrogen) atoms. The van der Waals surface area contributed by atoms with Gasteiger partial charge in [-0.15, -0.1) is 0 Å². The van der Waals surface area contributed by atoms with Gasteiger partial charge in [-0.2, -0.15) is 0 Å². The van der Waals surface area contributed by atoms with Gasteiger partial charge in [-0.05, 0) is 64.1 Å². The fraction of sp³-hybridized carbons (Fsp3) is 0.389. The molecule has 0 saturated heterocycles. The second-order valence-electron chi connectivity index (χ2n) is 6.80. The molecule has 2 aromatic rings. The molecule has 0 aliphatic heterocycles. The van der Waals surface area contributed by atoms with Gasteiger partial charge in [-0.3, -0.25) is 0 Å². The van der Waals surface area contributed by atoms with Crippen molar-refractivity contribution in [3.05, 3.63) is 48.4 Å². The lowest BCUT2D eigenvalue weighted by atomic mass is 10.0. The normalized spacial score (nSPS) is 13.9. The minimum atomic E-state index is -1.27. The maximum atomic E-state index is 11.9. The zero-order valence-corrected chi connectivity index (χ0v) is 14.4. The number of amides is 2. The number of carbonyl (C=O) groups excluding carboxylic acids is 1. The first kappa shape index (κ1) is 17.9. The van der Waals surface area contributed by atoms with Crippen LogP contribution >= 0.6 is 0 Å². The Hall–Kier alpha value is -2.47. The van der Waals surface area contributed by atoms with Gasteiger partial charge >= 0.3 is 6.03 Å². The molecule has 0 aliphatic carbocycles. The topological polar surface area (TPSA) is 83.7 Å². The van der Waals surface area contributed by atoms with Gasteiger partial charge in [0.15, 0.2) is 0 Å². The van der Waals surface area contributed by atoms with Crippen molar-refractivity contribution in [2.24, 2.45) is 0 Å². The third-order valence-corrected chi connectivity index (χ3v) is 3.18. The Labute approximate surface area is 141 Å². The number of anilines is 1. The van der Waals surface area contributed by atoms with Crippen LogP contribution in [-0.2, 0) is 5.60 Å². The molecule has 0 bridgehead atoms. The molecule has 6 nitrogen and oxygen atoms in total. The lowest BCUT2D eigenvalue weighted by Crippen LogP contribution is -2.40. The highest BCUT2D eigenvalue weighted by Crippen LogP contribution is 2.21. The minimum absolute atomic E-state index is 0.0254. The number of benzene rings is 1. The molecule has 2 amide bonds. The van der Waals surface area contributed by atoms with Gasteiger partial charge in [0, 0.05) is 5.69 Å². The Balaban J connectivity index is 1.86. The highest BCUT2D eigenvalue weighted by molar-refractivity contribution is 5.89. The average molecular weight is 332 g/mol. The first-order valence-corrected chi connectivity index (χ1v) is 7.76. The summed E-state index contributed by atoms with van der Waals surface area (Å²) in [5, 5.41) is 15.6. The summed E-state index contributed by atoms with van der Waals surface area (Å²) >= 11 is 0. The molecule has 0 saturated carbocycles. The lowest BCUT2D eigenvalue weighted by Gasteiger charge is -2.22. The molecule has 1 aromatic carbocycles. The van der Waals surface area contributed by atoms with Crippen LogP contribution < -0.4 is 15.4 Å². The molecular weight excluding hydrogens is 308 g/mol. The number of rotatable bonds is 5. The summed E-state index contributed by atoms with van der Waals surface area (Å²) in [5.74, 6) is 1.13. The van der Waals surface area contributed by atoms with E-state index in [2.05, 4.69) is 10.6 Å². The zero-order chi connectivity index (χ0) is 17.8. The number of hydrogen-bond donors (Lipinski definition) is 3. The summed E-state index contributed by atoms with van der Waals surface area (Å²) < 4.78 is 10.9. The van der Waals surface area contributed by atoms with Crippen LogP contribution in [0.4, 0.5) is 10.5 Å². The van der Waals surface area contributed by atoms with Crippen molar-refractivity contribution in [2.45, 2.75) is 38.9 Å². The van der Waals surface area contributed by atoms with Crippen LogP contribution in [0.15, 0.2) is 47.1 Å². The van der Waals surface area contributed by atoms with Gasteiger partial charge < -0.3 is 24.9 Å². The van der Waals surface area contributed by atoms with Gasteiger partial charge in [0.2, 0.25) is 0 Å². The molecule has 1 heterocycles. The fourth-order valence-electron chi connectivity index (χ4n) is 2.06. The molecule has 1 aromatic heterocycles. The molecule has 3 N–H and O–H groups in total. The molecule has 2 rings (SSSR count). The lowest BCUT2D eigenvalue weighted by molar-refractivity contribution is 0.0372. The highest BCUT2D eigenvalue weighted by atomic mass is 16.5. The second kappa shape index (κ2) is 6.97. The number of ether oxygens (including phenoxy) is 1. The van der Waals surface area contributed by atoms with E-state index in [1.54, 1.807) is 43.3 Å². The quantitative estimate of drug-likeness (QED) is 0.782. The van der Waals surface area contributed by atoms with Crippen molar-refractivity contribution in [3.63, 3.8) is 0 Å². The van der Waals surface area contributed by atoms with Gasteiger partial charge in [0.25, 0.3) is 0 Å². The van der Waals surface area contributed by atoms with Crippen LogP contribution in [-0.4, -0.2) is 23.3 Å². The number of aliphatic hydroxyl groups is 1. The van der Waals surface area contributed by atoms with Crippen LogP contribution in [0.3, 0.4) is 0 Å². The molecule has 1 atom stereocenters. The van der Waals surface area contributed by atoms with Gasteiger partial charge in [-0.1, -0.05) is 0 Å². The third kappa shape index (κ3) is 5.31. The van der Waals surface area contributed by atoms with E-state index < -0.39 is 11.6 Å². The average Bonchev–Trinajstić information content (AvgIpc) is 3.01. The van der Waals surface area contributed by atoms with Crippen molar-refractivity contribution >= 4 is 11.7 Å². The number of nitrogens with one attached hydrogen (secondary N) is 2. The predicted molar refractivity (Wildman–Crippen MR) is 92.1 cm³/mol. The molecule has 0 aliphatic rings. The molecule has 130 valence electrons. The Kier molecular flexibility index (Phi) is 5.19. The number of urea groups is 1. The van der Waals surface area contributed by atoms with Gasteiger partial charge in [-0.25, -0.2) is 4.79 Å². The van der Waals surface area contributed by atoms with Gasteiger partial charge in [0.05, 0.1) is 12.8 Å². The van der Waals surface area contributed by atoms with E-state index in [0.717, 1.165) is 5.75 Å². The summed E-state index contributed by atoms with van der Waals surface area (Å²) in [5.41, 5.74) is -0.916. The smallest absolute Gasteiger partial charge is 0.319 e. The van der Waals surface area contributed by atoms with Crippen molar-refractivity contribution in [3.8, 4) is 5.75 Å². The zero-order valence-electron chi connectivity index (χ0n) is 14.4. The van der Waals surface area contributed by atoms with Crippen LogP contribution in [0.1, 0.15) is 33.5 Å². The summed E-state index contributed by atoms with van der Waals surface area (Å²) in [6, 6.07) is 10.0. The van der Waals surface area contributed by atoms with Crippen molar-refractivity contribution in [1.29, 1.82) is 0 Å². The molecule has 1 unspecified atom stereocenters. The SMILES string of the molecule is CC(C)(C)Oc1ccc(NC(=O)NCC(C)(O)c2ccco2)cc1. The minimum Gasteiger partial charge on any atom is -0.488 e. The van der Waals surface area contributed by atoms with Crippen molar-refractivity contribution in [1.82, 2.24) is 5.32 Å². The monoisotopic (exact) mass is 332 g/mol. The maximum absolute atomic E-state index is 11.9. The summed E-state index contributed by atoms with van der Waals surface area (Å²) in [6.07, 6.45) is 1.48. The number of hydrogen-bond acceptors (Lipinski definition) is 4. The third-order valence-electron chi connectivity index (χ3n) is 3.18. The molecule has 0 spiro atoms. The Morgan fingerprint density at radius 3 is 2.38 bits per heavy atom. The number of carbonyl (C=O) groups is 1. The largest absolute Gasteiger partial charge is 0.488 e. The first-order valence-electron chi connectivity index (χ1n) is 7.76. The van der Waals surface area contributed by atoms with Crippen LogP contribution in [0, 0.1) is 0 Å². The standard InChI is InChI=1S/C18H24N2O4/c1-17(2,3)24-14-9-7-13(8-10-14)20-16(21)19-12-18(4,22)15-6-5-11-23-15/h5-11,22H,12H2,1-4H3,(H2,19,20,21). The van der Waals surface area contributed by atoms with Crippen molar-refractivity contribution in [2.75, 3.05) is 11.9 Å². The van der Waals surface area contributed by atoms with Crippen LogP contribution in [0.25, 0.3) is 0 Å². The summed E-state index contributed by atoms with van der Waals surface area (Å²) in [6.45, 7) is 7.51. The van der Waals surface area contributed by atoms with Crippen LogP contribution in [0.2, 0.25) is 0 Å². The molecular formula is C18H24N2O4. The Morgan fingerprint density at radius 2 is 1.83 bits per heavy atom. The van der Waals surface area contributed by atoms with E-state index in [4.69, 9.17) is 9.15 Å². The Morgan fingerprint density at radius 1 is 1.17 bits per heavy atom. The molecule has 6 heteroatoms. The van der Waals surface area contributed by atoms with Crippen molar-refractivity contribution < 1.29 is 19.1 Å². The maximum Gasteiger partial charge on any atom is 0.319 e. The van der Waals surface area contributed by atoms with Gasteiger partial charge in [0.1, 0.15) is 22.7 Å².